The summed E-state index contributed by atoms with van der Waals surface area (Å²) < 4.78 is 2.51. The molecule has 2 heterocycles. The maximum absolute atomic E-state index is 3.97. The van der Waals surface area contributed by atoms with E-state index in [2.05, 4.69) is 181 Å². The highest BCUT2D eigenvalue weighted by atomic mass is 15.2. The minimum atomic E-state index is -0.0888. The van der Waals surface area contributed by atoms with Gasteiger partial charge in [0.1, 0.15) is 6.17 Å². The van der Waals surface area contributed by atoms with Crippen LogP contribution in [-0.4, -0.2) is 4.57 Å². The fraction of sp³-hybridized carbons (Fsp3) is 0.0909. The zero-order valence-corrected chi connectivity index (χ0v) is 26.0. The minimum absolute atomic E-state index is 0.0470. The molecule has 2 aliphatic rings. The SMILES string of the molecule is CC1(C)c2ccccc2-c2c1ccc1c2c2ccccc2n1C1C=C(c2ccccc2)C=C(c2ccc(-c3ccccc3)cc2)N1. The van der Waals surface area contributed by atoms with E-state index in [1.165, 1.54) is 71.9 Å². The molecule has 1 aromatic heterocycles. The molecular formula is C44H34N2. The molecule has 2 nitrogen and oxygen atoms in total. The zero-order chi connectivity index (χ0) is 30.8. The Labute approximate surface area is 270 Å². The van der Waals surface area contributed by atoms with E-state index in [9.17, 15) is 0 Å². The molecule has 1 aliphatic heterocycles. The van der Waals surface area contributed by atoms with Crippen LogP contribution in [0.1, 0.15) is 42.3 Å². The van der Waals surface area contributed by atoms with E-state index in [-0.39, 0.29) is 11.6 Å². The first-order valence-corrected chi connectivity index (χ1v) is 16.2. The van der Waals surface area contributed by atoms with E-state index in [0.717, 1.165) is 5.70 Å². The highest BCUT2D eigenvalue weighted by molar-refractivity contribution is 6.17. The molecule has 0 amide bonds. The Morgan fingerprint density at radius 2 is 1.17 bits per heavy atom. The van der Waals surface area contributed by atoms with Gasteiger partial charge in [-0.3, -0.25) is 0 Å². The lowest BCUT2D eigenvalue weighted by Gasteiger charge is -2.28. The Morgan fingerprint density at radius 1 is 0.543 bits per heavy atom. The Kier molecular flexibility index (Phi) is 5.95. The standard InChI is InChI=1S/C44H34N2/c1-44(2)36-19-11-9-17-34(36)42-37(44)25-26-40-43(42)35-18-10-12-20-39(35)46(40)41-28-33(30-15-7-4-8-16-30)27-38(45-41)32-23-21-31(22-24-32)29-13-5-3-6-14-29/h3-28,41,45H,1-2H3. The van der Waals surface area contributed by atoms with Crippen LogP contribution in [0.3, 0.4) is 0 Å². The van der Waals surface area contributed by atoms with Crippen molar-refractivity contribution >= 4 is 33.1 Å². The first-order chi connectivity index (χ1) is 22.6. The maximum Gasteiger partial charge on any atom is 0.124 e. The molecule has 1 aliphatic carbocycles. The average molecular weight is 591 g/mol. The van der Waals surface area contributed by atoms with Crippen molar-refractivity contribution < 1.29 is 0 Å². The van der Waals surface area contributed by atoms with E-state index in [1.807, 2.05) is 0 Å². The van der Waals surface area contributed by atoms with Crippen molar-refractivity contribution in [3.8, 4) is 22.3 Å². The van der Waals surface area contributed by atoms with Crippen LogP contribution in [0.15, 0.2) is 158 Å². The molecule has 1 unspecified atom stereocenters. The monoisotopic (exact) mass is 590 g/mol. The van der Waals surface area contributed by atoms with E-state index >= 15 is 0 Å². The van der Waals surface area contributed by atoms with Crippen molar-refractivity contribution in [2.45, 2.75) is 25.4 Å². The summed E-state index contributed by atoms with van der Waals surface area (Å²) in [5.74, 6) is 0. The largest absolute Gasteiger partial charge is 0.361 e. The number of hydrogen-bond donors (Lipinski definition) is 1. The molecule has 0 bridgehead atoms. The smallest absolute Gasteiger partial charge is 0.124 e. The Hall–Kier alpha value is -5.60. The van der Waals surface area contributed by atoms with Crippen molar-refractivity contribution in [1.82, 2.24) is 9.88 Å². The third-order valence-electron chi connectivity index (χ3n) is 10.0. The van der Waals surface area contributed by atoms with Crippen molar-refractivity contribution in [2.75, 3.05) is 0 Å². The molecule has 0 saturated carbocycles. The Morgan fingerprint density at radius 3 is 1.96 bits per heavy atom. The molecule has 2 heteroatoms. The first-order valence-electron chi connectivity index (χ1n) is 16.2. The summed E-state index contributed by atoms with van der Waals surface area (Å²) in [6.07, 6.45) is 4.59. The topological polar surface area (TPSA) is 17.0 Å². The van der Waals surface area contributed by atoms with E-state index in [0.29, 0.717) is 0 Å². The highest BCUT2D eigenvalue weighted by Gasteiger charge is 2.37. The van der Waals surface area contributed by atoms with Crippen LogP contribution in [-0.2, 0) is 5.41 Å². The van der Waals surface area contributed by atoms with Crippen molar-refractivity contribution in [1.29, 1.82) is 0 Å². The summed E-state index contributed by atoms with van der Waals surface area (Å²) >= 11 is 0. The third-order valence-corrected chi connectivity index (χ3v) is 10.0. The van der Waals surface area contributed by atoms with Crippen LogP contribution in [0.5, 0.6) is 0 Å². The summed E-state index contributed by atoms with van der Waals surface area (Å²) in [5, 5.41) is 6.60. The van der Waals surface area contributed by atoms with Gasteiger partial charge in [-0.2, -0.15) is 0 Å². The normalized spacial score (nSPS) is 16.4. The van der Waals surface area contributed by atoms with Crippen LogP contribution in [0.25, 0.3) is 55.3 Å². The van der Waals surface area contributed by atoms with Gasteiger partial charge in [-0.15, -0.1) is 0 Å². The maximum atomic E-state index is 3.97. The summed E-state index contributed by atoms with van der Waals surface area (Å²) in [7, 11) is 0. The number of rotatable bonds is 4. The fourth-order valence-corrected chi connectivity index (χ4v) is 7.79. The second kappa shape index (κ2) is 10.2. The zero-order valence-electron chi connectivity index (χ0n) is 26.0. The van der Waals surface area contributed by atoms with Crippen LogP contribution >= 0.6 is 0 Å². The van der Waals surface area contributed by atoms with Crippen LogP contribution in [0.4, 0.5) is 0 Å². The van der Waals surface area contributed by atoms with E-state index < -0.39 is 0 Å². The Bertz CT molecular complexity index is 2340. The van der Waals surface area contributed by atoms with Gasteiger partial charge in [-0.25, -0.2) is 0 Å². The second-order valence-electron chi connectivity index (χ2n) is 13.0. The van der Waals surface area contributed by atoms with Crippen LogP contribution < -0.4 is 5.32 Å². The number of nitrogens with one attached hydrogen (secondary N) is 1. The molecule has 220 valence electrons. The molecule has 0 saturated heterocycles. The predicted molar refractivity (Wildman–Crippen MR) is 193 cm³/mol. The summed E-state index contributed by atoms with van der Waals surface area (Å²) in [6.45, 7) is 4.72. The van der Waals surface area contributed by atoms with E-state index in [4.69, 9.17) is 0 Å². The number of nitrogens with zero attached hydrogens (tertiary/aromatic N) is 1. The van der Waals surface area contributed by atoms with Gasteiger partial charge in [0.25, 0.3) is 0 Å². The molecule has 0 radical (unpaired) electrons. The van der Waals surface area contributed by atoms with Crippen LogP contribution in [0, 0.1) is 0 Å². The van der Waals surface area contributed by atoms with Gasteiger partial charge in [0.05, 0.1) is 11.0 Å². The molecule has 46 heavy (non-hydrogen) atoms. The lowest BCUT2D eigenvalue weighted by molar-refractivity contribution is 0.591. The summed E-state index contributed by atoms with van der Waals surface area (Å²) in [6, 6.07) is 52.9. The van der Waals surface area contributed by atoms with Gasteiger partial charge in [0.15, 0.2) is 0 Å². The molecule has 9 rings (SSSR count). The molecule has 0 spiro atoms. The number of para-hydroxylation sites is 1. The van der Waals surface area contributed by atoms with Gasteiger partial charge in [0, 0.05) is 21.9 Å². The van der Waals surface area contributed by atoms with Crippen LogP contribution in [0.2, 0.25) is 0 Å². The predicted octanol–water partition coefficient (Wildman–Crippen LogP) is 11.0. The highest BCUT2D eigenvalue weighted by Crippen LogP contribution is 2.53. The fourth-order valence-electron chi connectivity index (χ4n) is 7.79. The van der Waals surface area contributed by atoms with Gasteiger partial charge >= 0.3 is 0 Å². The number of aromatic nitrogens is 1. The van der Waals surface area contributed by atoms with Crippen molar-refractivity contribution in [3.63, 3.8) is 0 Å². The number of benzene rings is 6. The Balaban J connectivity index is 1.24. The first kappa shape index (κ1) is 26.8. The molecular weight excluding hydrogens is 556 g/mol. The number of hydrogen-bond acceptors (Lipinski definition) is 1. The second-order valence-corrected chi connectivity index (χ2v) is 13.0. The molecule has 0 fully saturated rings. The molecule has 1 atom stereocenters. The lowest BCUT2D eigenvalue weighted by atomic mass is 9.82. The van der Waals surface area contributed by atoms with Gasteiger partial charge in [-0.05, 0) is 74.4 Å². The van der Waals surface area contributed by atoms with Crippen molar-refractivity contribution in [3.05, 3.63) is 180 Å². The summed E-state index contributed by atoms with van der Waals surface area (Å²) in [4.78, 5) is 0. The van der Waals surface area contributed by atoms with Gasteiger partial charge in [0.2, 0.25) is 0 Å². The molecule has 7 aromatic rings. The third kappa shape index (κ3) is 4.03. The minimum Gasteiger partial charge on any atom is -0.361 e. The number of dihydropyridines is 1. The van der Waals surface area contributed by atoms with Crippen molar-refractivity contribution in [2.24, 2.45) is 0 Å². The van der Waals surface area contributed by atoms with E-state index in [1.54, 1.807) is 0 Å². The quantitative estimate of drug-likeness (QED) is 0.216. The number of allylic oxidation sites excluding steroid dienone is 2. The van der Waals surface area contributed by atoms with Gasteiger partial charge < -0.3 is 9.88 Å². The lowest BCUT2D eigenvalue weighted by Crippen LogP contribution is -2.26. The number of fused-ring (bicyclic) bond motifs is 7. The van der Waals surface area contributed by atoms with Gasteiger partial charge in [-0.1, -0.05) is 147 Å². The molecule has 1 N–H and O–H groups in total. The summed E-state index contributed by atoms with van der Waals surface area (Å²) in [5.41, 5.74) is 15.1. The molecule has 6 aromatic carbocycles. The average Bonchev–Trinajstić information content (AvgIpc) is 3.58.